The van der Waals surface area contributed by atoms with Gasteiger partial charge in [-0.2, -0.15) is 19.3 Å². The molecule has 38 heavy (non-hydrogen) atoms. The normalized spacial score (nSPS) is 23.5. The molecule has 2 fully saturated rings. The molecule has 1 saturated carbocycles. The average molecular weight is 536 g/mol. The summed E-state index contributed by atoms with van der Waals surface area (Å²) in [6, 6.07) is 6.13. The quantitative estimate of drug-likeness (QED) is 0.333. The van der Waals surface area contributed by atoms with Crippen LogP contribution in [-0.4, -0.2) is 55.6 Å². The lowest BCUT2D eigenvalue weighted by atomic mass is 9.88. The fourth-order valence-electron chi connectivity index (χ4n) is 5.69. The molecule has 0 radical (unpaired) electrons. The van der Waals surface area contributed by atoms with Crippen molar-refractivity contribution in [2.24, 2.45) is 18.4 Å². The van der Waals surface area contributed by atoms with E-state index < -0.39 is 15.4 Å². The van der Waals surface area contributed by atoms with Gasteiger partial charge in [0.05, 0.1) is 35.9 Å². The van der Waals surface area contributed by atoms with Crippen molar-refractivity contribution in [1.82, 2.24) is 34.1 Å². The van der Waals surface area contributed by atoms with E-state index in [1.807, 2.05) is 19.9 Å². The van der Waals surface area contributed by atoms with Crippen LogP contribution in [0.25, 0.3) is 11.8 Å². The van der Waals surface area contributed by atoms with Gasteiger partial charge in [0.25, 0.3) is 10.0 Å². The number of aryl methyl sites for hydroxylation is 2. The molecule has 0 bridgehead atoms. The average Bonchev–Trinajstić information content (AvgIpc) is 3.52. The first-order chi connectivity index (χ1) is 18.1. The molecule has 0 amide bonds. The van der Waals surface area contributed by atoms with Gasteiger partial charge in [-0.3, -0.25) is 0 Å². The number of aromatic nitrogens is 6. The minimum atomic E-state index is -3.83. The number of sulfonamides is 1. The van der Waals surface area contributed by atoms with Gasteiger partial charge in [-0.15, -0.1) is 5.10 Å². The molecule has 1 aliphatic carbocycles. The SMILES string of the molecule is C=C(/C(C)=C\c1c(C)cnn1-c1ccc(F)cc1)[C@]12CN(S(=O)(=O)c3cnn(C)n3)C[C@H]1[C@@H]2c1ncco1. The smallest absolute Gasteiger partial charge is 0.264 e. The Kier molecular flexibility index (Phi) is 5.51. The van der Waals surface area contributed by atoms with E-state index in [1.54, 1.807) is 36.3 Å². The number of hydrogen-bond acceptors (Lipinski definition) is 7. The van der Waals surface area contributed by atoms with Crippen molar-refractivity contribution in [2.75, 3.05) is 13.1 Å². The molecule has 4 aromatic rings. The zero-order valence-electron chi connectivity index (χ0n) is 21.1. The second kappa shape index (κ2) is 8.57. The molecule has 1 aliphatic heterocycles. The topological polar surface area (TPSA) is 112 Å². The van der Waals surface area contributed by atoms with Gasteiger partial charge in [-0.25, -0.2) is 22.5 Å². The van der Waals surface area contributed by atoms with Crippen LogP contribution in [0.4, 0.5) is 4.39 Å². The number of rotatable bonds is 7. The van der Waals surface area contributed by atoms with E-state index in [2.05, 4.69) is 26.9 Å². The first-order valence-corrected chi connectivity index (χ1v) is 13.5. The number of benzene rings is 1. The number of piperidine rings is 1. The molecule has 196 valence electrons. The minimum Gasteiger partial charge on any atom is -0.449 e. The highest BCUT2D eigenvalue weighted by atomic mass is 32.2. The van der Waals surface area contributed by atoms with E-state index >= 15 is 0 Å². The zero-order valence-corrected chi connectivity index (χ0v) is 21.9. The van der Waals surface area contributed by atoms with Gasteiger partial charge in [0.2, 0.25) is 5.03 Å². The first-order valence-electron chi connectivity index (χ1n) is 12.1. The van der Waals surface area contributed by atoms with Gasteiger partial charge in [0, 0.05) is 25.6 Å². The van der Waals surface area contributed by atoms with Crippen LogP contribution in [-0.2, 0) is 17.1 Å². The molecule has 12 heteroatoms. The van der Waals surface area contributed by atoms with Gasteiger partial charge in [0.15, 0.2) is 5.89 Å². The maximum Gasteiger partial charge on any atom is 0.264 e. The Morgan fingerprint density at radius 2 is 2.00 bits per heavy atom. The number of allylic oxidation sites excluding steroid dienone is 1. The molecule has 1 aromatic carbocycles. The third kappa shape index (κ3) is 3.66. The Bertz CT molecular complexity index is 1670. The van der Waals surface area contributed by atoms with Crippen LogP contribution in [0.5, 0.6) is 0 Å². The molecule has 3 atom stereocenters. The van der Waals surface area contributed by atoms with Crippen molar-refractivity contribution in [3.8, 4) is 5.69 Å². The van der Waals surface area contributed by atoms with Crippen molar-refractivity contribution < 1.29 is 17.2 Å². The van der Waals surface area contributed by atoms with Crippen LogP contribution in [0.1, 0.15) is 30.0 Å². The monoisotopic (exact) mass is 535 g/mol. The summed E-state index contributed by atoms with van der Waals surface area (Å²) < 4.78 is 49.1. The highest BCUT2D eigenvalue weighted by molar-refractivity contribution is 7.89. The molecular weight excluding hydrogens is 509 g/mol. The molecule has 1 saturated heterocycles. The predicted octanol–water partition coefficient (Wildman–Crippen LogP) is 3.50. The maximum absolute atomic E-state index is 13.5. The van der Waals surface area contributed by atoms with Gasteiger partial charge < -0.3 is 4.42 Å². The van der Waals surface area contributed by atoms with Crippen molar-refractivity contribution in [2.45, 2.75) is 24.8 Å². The van der Waals surface area contributed by atoms with Crippen LogP contribution in [0, 0.1) is 24.1 Å². The summed E-state index contributed by atoms with van der Waals surface area (Å²) in [7, 11) is -2.25. The van der Waals surface area contributed by atoms with Crippen LogP contribution < -0.4 is 0 Å². The van der Waals surface area contributed by atoms with Crippen LogP contribution in [0.2, 0.25) is 0 Å². The predicted molar refractivity (Wildman–Crippen MR) is 136 cm³/mol. The molecule has 10 nitrogen and oxygen atoms in total. The largest absolute Gasteiger partial charge is 0.449 e. The Balaban J connectivity index is 1.36. The fourth-order valence-corrected chi connectivity index (χ4v) is 7.10. The van der Waals surface area contributed by atoms with Crippen LogP contribution in [0.3, 0.4) is 0 Å². The number of fused-ring (bicyclic) bond motifs is 1. The molecule has 2 aliphatic rings. The van der Waals surface area contributed by atoms with E-state index in [0.29, 0.717) is 12.4 Å². The van der Waals surface area contributed by atoms with Crippen LogP contribution in [0.15, 0.2) is 76.3 Å². The van der Waals surface area contributed by atoms with E-state index in [-0.39, 0.29) is 29.2 Å². The zero-order chi connectivity index (χ0) is 26.8. The molecule has 0 N–H and O–H groups in total. The lowest BCUT2D eigenvalue weighted by molar-refractivity contribution is 0.380. The molecule has 0 spiro atoms. The van der Waals surface area contributed by atoms with Gasteiger partial charge in [-0.05, 0) is 66.8 Å². The van der Waals surface area contributed by atoms with Gasteiger partial charge in [0.1, 0.15) is 12.1 Å². The Morgan fingerprint density at radius 3 is 2.66 bits per heavy atom. The molecular formula is C26H26FN7O3S. The summed E-state index contributed by atoms with van der Waals surface area (Å²) in [5.74, 6) is 0.113. The van der Waals surface area contributed by atoms with Crippen molar-refractivity contribution in [1.29, 1.82) is 0 Å². The van der Waals surface area contributed by atoms with E-state index in [0.717, 1.165) is 28.1 Å². The summed E-state index contributed by atoms with van der Waals surface area (Å²) in [5.41, 5.74) is 3.62. The number of nitrogens with zero attached hydrogens (tertiary/aromatic N) is 7. The van der Waals surface area contributed by atoms with Crippen molar-refractivity contribution in [3.05, 3.63) is 89.8 Å². The second-order valence-electron chi connectivity index (χ2n) is 9.87. The molecule has 6 rings (SSSR count). The highest BCUT2D eigenvalue weighted by Gasteiger charge is 2.73. The summed E-state index contributed by atoms with van der Waals surface area (Å²) in [4.78, 5) is 5.61. The Labute approximate surface area is 219 Å². The maximum atomic E-state index is 13.5. The minimum absolute atomic E-state index is 0.0495. The number of halogens is 1. The Hall–Kier alpha value is -3.90. The summed E-state index contributed by atoms with van der Waals surface area (Å²) in [6.45, 7) is 8.89. The third-order valence-corrected chi connectivity index (χ3v) is 9.38. The number of oxazole rings is 1. The highest BCUT2D eigenvalue weighted by Crippen LogP contribution is 2.73. The van der Waals surface area contributed by atoms with E-state index in [1.165, 1.54) is 33.7 Å². The first kappa shape index (κ1) is 24.4. The van der Waals surface area contributed by atoms with Crippen molar-refractivity contribution in [3.63, 3.8) is 0 Å². The lowest BCUT2D eigenvalue weighted by Gasteiger charge is -2.24. The summed E-state index contributed by atoms with van der Waals surface area (Å²) in [5, 5.41) is 12.3. The molecule has 4 heterocycles. The van der Waals surface area contributed by atoms with Crippen molar-refractivity contribution >= 4 is 16.1 Å². The van der Waals surface area contributed by atoms with Gasteiger partial charge in [-0.1, -0.05) is 6.58 Å². The van der Waals surface area contributed by atoms with E-state index in [4.69, 9.17) is 4.42 Å². The standard InChI is InChI=1S/C26H26FN7O3S/c1-16(11-22-17(2)12-30-34(22)20-7-5-19(27)6-8-20)18(3)26-15-33(38(35,36)23-13-29-32(4)31-23)14-21(26)24(26)25-28-9-10-37-25/h5-13,21,24H,3,14-15H2,1-2,4H3/b16-11-/t21-,24+,26+/m0/s1. The lowest BCUT2D eigenvalue weighted by Crippen LogP contribution is -2.34. The Morgan fingerprint density at radius 1 is 1.24 bits per heavy atom. The molecule has 0 unspecified atom stereocenters. The second-order valence-corrected chi connectivity index (χ2v) is 11.8. The third-order valence-electron chi connectivity index (χ3n) is 7.71. The van der Waals surface area contributed by atoms with Gasteiger partial charge >= 0.3 is 0 Å². The summed E-state index contributed by atoms with van der Waals surface area (Å²) >= 11 is 0. The van der Waals surface area contributed by atoms with E-state index in [9.17, 15) is 12.8 Å². The fraction of sp³-hybridized carbons (Fsp3) is 0.308. The van der Waals surface area contributed by atoms with Crippen LogP contribution >= 0.6 is 0 Å². The number of hydrogen-bond donors (Lipinski definition) is 0. The molecule has 3 aromatic heterocycles. The summed E-state index contributed by atoms with van der Waals surface area (Å²) in [6.07, 6.45) is 8.13.